The average molecular weight is 451 g/mol. The van der Waals surface area contributed by atoms with Crippen LogP contribution in [0.5, 0.6) is 0 Å². The van der Waals surface area contributed by atoms with Gasteiger partial charge in [0.1, 0.15) is 17.1 Å². The Morgan fingerprint density at radius 1 is 1.27 bits per heavy atom. The van der Waals surface area contributed by atoms with E-state index in [1.54, 1.807) is 17.4 Å². The molecule has 2 aliphatic carbocycles. The van der Waals surface area contributed by atoms with Crippen LogP contribution in [0, 0.1) is 0 Å². The first kappa shape index (κ1) is 22.7. The number of primary amides is 1. The topological polar surface area (TPSA) is 120 Å². The van der Waals surface area contributed by atoms with Gasteiger partial charge in [-0.1, -0.05) is 32.3 Å². The van der Waals surface area contributed by atoms with Gasteiger partial charge in [-0.05, 0) is 37.8 Å². The molecule has 2 saturated carbocycles. The highest BCUT2D eigenvalue weighted by Crippen LogP contribution is 2.39. The van der Waals surface area contributed by atoms with Gasteiger partial charge >= 0.3 is 6.09 Å². The molecule has 30 heavy (non-hydrogen) atoms. The summed E-state index contributed by atoms with van der Waals surface area (Å²) in [5, 5.41) is 1.22. The monoisotopic (exact) mass is 450 g/mol. The van der Waals surface area contributed by atoms with E-state index in [0.717, 1.165) is 28.2 Å². The highest BCUT2D eigenvalue weighted by Gasteiger charge is 2.24. The molecule has 0 bridgehead atoms. The Morgan fingerprint density at radius 3 is 2.60 bits per heavy atom. The van der Waals surface area contributed by atoms with Gasteiger partial charge in [0.2, 0.25) is 0 Å². The molecule has 0 saturated heterocycles. The fraction of sp³-hybridized carbons (Fsp3) is 0.524. The predicted molar refractivity (Wildman–Crippen MR) is 122 cm³/mol. The Labute approximate surface area is 184 Å². The number of nitrogens with two attached hydrogens (primary N) is 2. The van der Waals surface area contributed by atoms with Gasteiger partial charge in [0.25, 0.3) is 0 Å². The molecule has 2 fully saturated rings. The molecule has 2 aromatic rings. The van der Waals surface area contributed by atoms with Crippen LogP contribution in [0.4, 0.5) is 10.5 Å². The number of amides is 1. The minimum atomic E-state index is -1.25. The van der Waals surface area contributed by atoms with Gasteiger partial charge in [-0.3, -0.25) is 0 Å². The lowest BCUT2D eigenvalue weighted by molar-refractivity contribution is 0.149. The molecule has 9 heteroatoms. The number of hydrogen-bond acceptors (Lipinski definition) is 6. The highest BCUT2D eigenvalue weighted by atomic mass is 32.2. The summed E-state index contributed by atoms with van der Waals surface area (Å²) >= 11 is 1.73. The van der Waals surface area contributed by atoms with Crippen LogP contribution in [0.2, 0.25) is 0 Å². The summed E-state index contributed by atoms with van der Waals surface area (Å²) in [6, 6.07) is 5.62. The van der Waals surface area contributed by atoms with E-state index in [1.807, 2.05) is 25.3 Å². The number of rotatable bonds is 6. The van der Waals surface area contributed by atoms with Gasteiger partial charge in [-0.15, -0.1) is 11.3 Å². The van der Waals surface area contributed by atoms with E-state index in [9.17, 15) is 9.00 Å². The lowest BCUT2D eigenvalue weighted by atomic mass is 9.90. The van der Waals surface area contributed by atoms with Gasteiger partial charge in [0, 0.05) is 29.9 Å². The van der Waals surface area contributed by atoms with Gasteiger partial charge in [0.05, 0.1) is 14.8 Å². The van der Waals surface area contributed by atoms with Gasteiger partial charge in [0.15, 0.2) is 0 Å². The van der Waals surface area contributed by atoms with Crippen LogP contribution in [0.25, 0.3) is 10.4 Å². The second-order valence-corrected chi connectivity index (χ2v) is 9.88. The third-order valence-corrected chi connectivity index (χ3v) is 7.51. The van der Waals surface area contributed by atoms with Gasteiger partial charge in [-0.2, -0.15) is 0 Å². The van der Waals surface area contributed by atoms with E-state index < -0.39 is 17.1 Å². The molecule has 5 N–H and O–H groups in total. The van der Waals surface area contributed by atoms with Crippen LogP contribution in [-0.2, 0) is 15.7 Å². The fourth-order valence-electron chi connectivity index (χ4n) is 3.41. The molecule has 0 aliphatic heterocycles. The Morgan fingerprint density at radius 2 is 2.00 bits per heavy atom. The summed E-state index contributed by atoms with van der Waals surface area (Å²) < 4.78 is 19.9. The zero-order chi connectivity index (χ0) is 21.5. The second-order valence-electron chi connectivity index (χ2n) is 7.56. The molecule has 1 aromatic heterocycles. The lowest BCUT2D eigenvalue weighted by Gasteiger charge is -2.18. The molecular weight excluding hydrogens is 420 g/mol. The number of carbonyl (C=O) groups excluding carboxylic acids is 1. The van der Waals surface area contributed by atoms with Gasteiger partial charge < -0.3 is 16.2 Å². The number of nitrogen functional groups attached to an aromatic ring is 1. The smallest absolute Gasteiger partial charge is 0.404 e. The zero-order valence-electron chi connectivity index (χ0n) is 17.3. The minimum absolute atomic E-state index is 0.150. The molecule has 164 valence electrons. The minimum Gasteiger partial charge on any atom is -0.446 e. The summed E-state index contributed by atoms with van der Waals surface area (Å²) in [5.41, 5.74) is 12.2. The van der Waals surface area contributed by atoms with E-state index >= 15 is 0 Å². The maximum Gasteiger partial charge on any atom is 0.404 e. The number of nitrogens with zero attached hydrogens (tertiary/aromatic N) is 1. The largest absolute Gasteiger partial charge is 0.446 e. The predicted octanol–water partition coefficient (Wildman–Crippen LogP) is 4.32. The first-order chi connectivity index (χ1) is 14.5. The summed E-state index contributed by atoms with van der Waals surface area (Å²) in [4.78, 5) is 16.3. The first-order valence-electron chi connectivity index (χ1n) is 10.4. The molecule has 0 spiro atoms. The van der Waals surface area contributed by atoms with Crippen LogP contribution >= 0.6 is 11.3 Å². The van der Waals surface area contributed by atoms with Crippen LogP contribution < -0.4 is 16.2 Å². The molecule has 0 radical (unpaired) electrons. The van der Waals surface area contributed by atoms with Crippen molar-refractivity contribution < 1.29 is 13.7 Å². The van der Waals surface area contributed by atoms with Crippen molar-refractivity contribution in [2.24, 2.45) is 5.73 Å². The summed E-state index contributed by atoms with van der Waals surface area (Å²) in [6.45, 7) is 2.59. The number of aromatic nitrogens is 1. The van der Waals surface area contributed by atoms with Crippen molar-refractivity contribution in [3.05, 3.63) is 29.4 Å². The summed E-state index contributed by atoms with van der Waals surface area (Å²) in [5.74, 6) is 0.596. The lowest BCUT2D eigenvalue weighted by Crippen LogP contribution is -2.17. The van der Waals surface area contributed by atoms with Crippen molar-refractivity contribution in [2.45, 2.75) is 68.8 Å². The fourth-order valence-corrected chi connectivity index (χ4v) is 5.63. The molecule has 2 aliphatic rings. The Bertz CT molecular complexity index is 877. The quantitative estimate of drug-likeness (QED) is 0.566. The normalized spacial score (nSPS) is 17.6. The molecule has 1 amide bonds. The van der Waals surface area contributed by atoms with Crippen LogP contribution in [0.15, 0.2) is 29.3 Å². The standard InChI is InChI=1S/C17H23N3OS2.C4H7NO2/c1-2-20-23(21)16-10-13(18)8-9-14(16)15-11-19-17(22-15)12-6-4-3-5-7-12;5-4(6)7-3-1-2-3/h8-12,20H,2-7,18H2,1H3;3H,1-2H2,(H2,5,6). The number of anilines is 1. The van der Waals surface area contributed by atoms with Crippen LogP contribution in [0.3, 0.4) is 0 Å². The van der Waals surface area contributed by atoms with Crippen molar-refractivity contribution in [3.8, 4) is 10.4 Å². The molecule has 1 unspecified atom stereocenters. The molecule has 7 nitrogen and oxygen atoms in total. The van der Waals surface area contributed by atoms with E-state index in [1.165, 1.54) is 37.1 Å². The Hall–Kier alpha value is -1.97. The number of hydrogen-bond donors (Lipinski definition) is 3. The van der Waals surface area contributed by atoms with Crippen LogP contribution in [-0.4, -0.2) is 27.9 Å². The molecule has 1 heterocycles. The maximum absolute atomic E-state index is 12.4. The second kappa shape index (κ2) is 10.9. The number of benzene rings is 1. The SMILES string of the molecule is CCNS(=O)c1cc(N)ccc1-c1cnc(C2CCCCC2)s1.NC(=O)OC1CC1. The van der Waals surface area contributed by atoms with E-state index in [4.69, 9.17) is 5.73 Å². The van der Waals surface area contributed by atoms with Crippen LogP contribution in [0.1, 0.15) is 62.8 Å². The zero-order valence-corrected chi connectivity index (χ0v) is 18.9. The average Bonchev–Trinajstić information content (AvgIpc) is 3.40. The molecular formula is C21H30N4O3S2. The molecule has 1 aromatic carbocycles. The van der Waals surface area contributed by atoms with Crippen molar-refractivity contribution in [1.82, 2.24) is 9.71 Å². The van der Waals surface area contributed by atoms with Crippen molar-refractivity contribution >= 4 is 34.1 Å². The summed E-state index contributed by atoms with van der Waals surface area (Å²) in [7, 11) is -1.25. The third kappa shape index (κ3) is 6.52. The number of thiazole rings is 1. The van der Waals surface area contributed by atoms with Gasteiger partial charge in [-0.25, -0.2) is 18.7 Å². The van der Waals surface area contributed by atoms with E-state index in [2.05, 4.69) is 20.2 Å². The number of nitrogens with one attached hydrogen (secondary N) is 1. The van der Waals surface area contributed by atoms with Crippen molar-refractivity contribution in [3.63, 3.8) is 0 Å². The number of ether oxygens (including phenoxy) is 1. The Kier molecular flexibility index (Phi) is 8.24. The molecule has 4 rings (SSSR count). The van der Waals surface area contributed by atoms with Crippen molar-refractivity contribution in [2.75, 3.05) is 12.3 Å². The summed E-state index contributed by atoms with van der Waals surface area (Å²) in [6.07, 6.45) is 9.83. The van der Waals surface area contributed by atoms with Crippen molar-refractivity contribution in [1.29, 1.82) is 0 Å². The molecule has 1 atom stereocenters. The van der Waals surface area contributed by atoms with E-state index in [-0.39, 0.29) is 6.10 Å². The maximum atomic E-state index is 12.4. The highest BCUT2D eigenvalue weighted by molar-refractivity contribution is 7.83. The third-order valence-electron chi connectivity index (χ3n) is 5.03. The Balaban J connectivity index is 0.000000310. The number of carbonyl (C=O) groups is 1. The van der Waals surface area contributed by atoms with E-state index in [0.29, 0.717) is 18.2 Å². The first-order valence-corrected chi connectivity index (χ1v) is 12.4.